The molecule has 1 aliphatic rings. The molecule has 2 rings (SSSR count). The Balaban J connectivity index is 1.99. The quantitative estimate of drug-likeness (QED) is 0.833. The predicted octanol–water partition coefficient (Wildman–Crippen LogP) is 4.35. The molecule has 19 heavy (non-hydrogen) atoms. The summed E-state index contributed by atoms with van der Waals surface area (Å²) in [7, 11) is 0. The molecule has 0 aliphatic heterocycles. The lowest BCUT2D eigenvalue weighted by atomic mass is 9.75. The van der Waals surface area contributed by atoms with Gasteiger partial charge < -0.3 is 5.32 Å². The number of benzene rings is 1. The molecule has 1 fully saturated rings. The molecule has 1 saturated carbocycles. The fourth-order valence-electron chi connectivity index (χ4n) is 3.19. The Bertz CT molecular complexity index is 389. The van der Waals surface area contributed by atoms with Gasteiger partial charge in [0.2, 0.25) is 0 Å². The Kier molecular flexibility index (Phi) is 5.38. The highest BCUT2D eigenvalue weighted by Crippen LogP contribution is 2.37. The summed E-state index contributed by atoms with van der Waals surface area (Å²) in [4.78, 5) is 0. The SMILES string of the molecule is CC(C)CNCC1CCCCC1c1cccc(F)c1. The van der Waals surface area contributed by atoms with E-state index >= 15 is 0 Å². The zero-order valence-electron chi connectivity index (χ0n) is 12.2. The molecule has 0 heterocycles. The molecule has 1 aromatic carbocycles. The number of hydrogen-bond acceptors (Lipinski definition) is 1. The van der Waals surface area contributed by atoms with Gasteiger partial charge in [-0.2, -0.15) is 0 Å². The maximum Gasteiger partial charge on any atom is 0.123 e. The van der Waals surface area contributed by atoms with E-state index < -0.39 is 0 Å². The molecule has 2 heteroatoms. The number of nitrogens with one attached hydrogen (secondary N) is 1. The van der Waals surface area contributed by atoms with Crippen LogP contribution in [0.3, 0.4) is 0 Å². The predicted molar refractivity (Wildman–Crippen MR) is 78.8 cm³/mol. The molecule has 106 valence electrons. The summed E-state index contributed by atoms with van der Waals surface area (Å²) in [5, 5.41) is 3.58. The van der Waals surface area contributed by atoms with E-state index in [0.29, 0.717) is 17.8 Å². The van der Waals surface area contributed by atoms with Gasteiger partial charge in [0.15, 0.2) is 0 Å². The van der Waals surface area contributed by atoms with Gasteiger partial charge in [0.1, 0.15) is 5.82 Å². The molecule has 0 saturated heterocycles. The molecule has 0 spiro atoms. The first-order chi connectivity index (χ1) is 9.16. The van der Waals surface area contributed by atoms with Crippen molar-refractivity contribution < 1.29 is 4.39 Å². The normalized spacial score (nSPS) is 23.8. The lowest BCUT2D eigenvalue weighted by Crippen LogP contribution is -2.31. The molecule has 1 nitrogen and oxygen atoms in total. The van der Waals surface area contributed by atoms with Gasteiger partial charge in [-0.3, -0.25) is 0 Å². The van der Waals surface area contributed by atoms with E-state index in [2.05, 4.69) is 25.2 Å². The van der Waals surface area contributed by atoms with Gasteiger partial charge in [-0.1, -0.05) is 38.8 Å². The van der Waals surface area contributed by atoms with Gasteiger partial charge in [0.25, 0.3) is 0 Å². The molecule has 0 amide bonds. The van der Waals surface area contributed by atoms with E-state index in [4.69, 9.17) is 0 Å². The van der Waals surface area contributed by atoms with Crippen LogP contribution in [0.25, 0.3) is 0 Å². The summed E-state index contributed by atoms with van der Waals surface area (Å²) >= 11 is 0. The topological polar surface area (TPSA) is 12.0 Å². The third-order valence-electron chi connectivity index (χ3n) is 4.15. The van der Waals surface area contributed by atoms with Crippen molar-refractivity contribution in [3.05, 3.63) is 35.6 Å². The smallest absolute Gasteiger partial charge is 0.123 e. The lowest BCUT2D eigenvalue weighted by Gasteiger charge is -2.32. The number of hydrogen-bond donors (Lipinski definition) is 1. The standard InChI is InChI=1S/C17H26FN/c1-13(2)11-19-12-15-6-3-4-9-17(15)14-7-5-8-16(18)10-14/h5,7-8,10,13,15,17,19H,3-4,6,9,11-12H2,1-2H3. The lowest BCUT2D eigenvalue weighted by molar-refractivity contribution is 0.291. The second-order valence-electron chi connectivity index (χ2n) is 6.26. The number of halogens is 1. The second-order valence-corrected chi connectivity index (χ2v) is 6.26. The van der Waals surface area contributed by atoms with E-state index in [1.807, 2.05) is 6.07 Å². The summed E-state index contributed by atoms with van der Waals surface area (Å²) < 4.78 is 13.4. The van der Waals surface area contributed by atoms with Crippen LogP contribution >= 0.6 is 0 Å². The molecule has 2 atom stereocenters. The van der Waals surface area contributed by atoms with E-state index in [0.717, 1.165) is 13.1 Å². The second kappa shape index (κ2) is 7.04. The minimum absolute atomic E-state index is 0.100. The van der Waals surface area contributed by atoms with Gasteiger partial charge in [0.05, 0.1) is 0 Å². The van der Waals surface area contributed by atoms with Crippen molar-refractivity contribution in [3.8, 4) is 0 Å². The van der Waals surface area contributed by atoms with Crippen LogP contribution < -0.4 is 5.32 Å². The summed E-state index contributed by atoms with van der Waals surface area (Å²) in [5.41, 5.74) is 1.19. The zero-order chi connectivity index (χ0) is 13.7. The maximum atomic E-state index is 13.4. The summed E-state index contributed by atoms with van der Waals surface area (Å²) in [6.07, 6.45) is 5.07. The molecule has 1 N–H and O–H groups in total. The molecule has 2 unspecified atom stereocenters. The summed E-state index contributed by atoms with van der Waals surface area (Å²) in [5.74, 6) is 1.78. The Hall–Kier alpha value is -0.890. The third-order valence-corrected chi connectivity index (χ3v) is 4.15. The summed E-state index contributed by atoms with van der Waals surface area (Å²) in [6, 6.07) is 7.20. The van der Waals surface area contributed by atoms with Gasteiger partial charge in [-0.05, 0) is 61.4 Å². The molecular weight excluding hydrogens is 237 g/mol. The van der Waals surface area contributed by atoms with Gasteiger partial charge in [-0.15, -0.1) is 0 Å². The van der Waals surface area contributed by atoms with Crippen LogP contribution in [-0.2, 0) is 0 Å². The van der Waals surface area contributed by atoms with Crippen molar-refractivity contribution in [2.45, 2.75) is 45.4 Å². The third kappa shape index (κ3) is 4.31. The monoisotopic (exact) mass is 263 g/mol. The van der Waals surface area contributed by atoms with E-state index in [9.17, 15) is 4.39 Å². The van der Waals surface area contributed by atoms with Crippen LogP contribution in [0.15, 0.2) is 24.3 Å². The zero-order valence-corrected chi connectivity index (χ0v) is 12.2. The highest BCUT2D eigenvalue weighted by molar-refractivity contribution is 5.22. The van der Waals surface area contributed by atoms with Crippen LogP contribution in [0.5, 0.6) is 0 Å². The van der Waals surface area contributed by atoms with Gasteiger partial charge in [0, 0.05) is 0 Å². The first kappa shape index (κ1) is 14.5. The fourth-order valence-corrected chi connectivity index (χ4v) is 3.19. The Morgan fingerprint density at radius 3 is 2.79 bits per heavy atom. The largest absolute Gasteiger partial charge is 0.316 e. The van der Waals surface area contributed by atoms with Crippen LogP contribution in [0.1, 0.15) is 51.0 Å². The fraction of sp³-hybridized carbons (Fsp3) is 0.647. The Morgan fingerprint density at radius 1 is 1.26 bits per heavy atom. The molecule has 1 aliphatic carbocycles. The van der Waals surface area contributed by atoms with Crippen LogP contribution in [0, 0.1) is 17.7 Å². The molecule has 1 aromatic rings. The van der Waals surface area contributed by atoms with Gasteiger partial charge in [-0.25, -0.2) is 4.39 Å². The minimum atomic E-state index is -0.100. The van der Waals surface area contributed by atoms with Crippen molar-refractivity contribution in [1.29, 1.82) is 0 Å². The van der Waals surface area contributed by atoms with E-state index in [1.54, 1.807) is 12.1 Å². The molecule has 0 aromatic heterocycles. The maximum absolute atomic E-state index is 13.4. The van der Waals surface area contributed by atoms with E-state index in [-0.39, 0.29) is 5.82 Å². The highest BCUT2D eigenvalue weighted by Gasteiger charge is 2.26. The Labute approximate surface area is 116 Å². The number of rotatable bonds is 5. The van der Waals surface area contributed by atoms with Crippen molar-refractivity contribution in [1.82, 2.24) is 5.32 Å². The highest BCUT2D eigenvalue weighted by atomic mass is 19.1. The first-order valence-corrected chi connectivity index (χ1v) is 7.63. The molecular formula is C17H26FN. The van der Waals surface area contributed by atoms with Crippen molar-refractivity contribution in [2.24, 2.45) is 11.8 Å². The minimum Gasteiger partial charge on any atom is -0.316 e. The van der Waals surface area contributed by atoms with Crippen LogP contribution in [-0.4, -0.2) is 13.1 Å². The van der Waals surface area contributed by atoms with Crippen molar-refractivity contribution in [3.63, 3.8) is 0 Å². The van der Waals surface area contributed by atoms with Crippen molar-refractivity contribution >= 4 is 0 Å². The van der Waals surface area contributed by atoms with Crippen molar-refractivity contribution in [2.75, 3.05) is 13.1 Å². The van der Waals surface area contributed by atoms with Crippen LogP contribution in [0.2, 0.25) is 0 Å². The first-order valence-electron chi connectivity index (χ1n) is 7.63. The molecule has 0 radical (unpaired) electrons. The van der Waals surface area contributed by atoms with E-state index in [1.165, 1.54) is 31.2 Å². The average Bonchev–Trinajstić information content (AvgIpc) is 2.39. The Morgan fingerprint density at radius 2 is 2.05 bits per heavy atom. The van der Waals surface area contributed by atoms with Gasteiger partial charge >= 0.3 is 0 Å². The average molecular weight is 263 g/mol. The van der Waals surface area contributed by atoms with Crippen LogP contribution in [0.4, 0.5) is 4.39 Å². The summed E-state index contributed by atoms with van der Waals surface area (Å²) in [6.45, 7) is 6.61. The molecule has 0 bridgehead atoms.